The van der Waals surface area contributed by atoms with Crippen molar-refractivity contribution >= 4 is 212 Å². The molecule has 3 nitrogen and oxygen atoms in total. The van der Waals surface area contributed by atoms with Crippen LogP contribution in [0.1, 0.15) is 0 Å². The van der Waals surface area contributed by atoms with E-state index >= 15 is 0 Å². The topological polar surface area (TPSA) is 23.0 Å². The second kappa shape index (κ2) is 13.9. The van der Waals surface area contributed by atoms with Crippen LogP contribution in [0.2, 0.25) is 0 Å². The van der Waals surface area contributed by atoms with Gasteiger partial charge in [-0.25, -0.2) is 0 Å². The van der Waals surface area contributed by atoms with Crippen molar-refractivity contribution in [3.8, 4) is 33.6 Å². The van der Waals surface area contributed by atoms with Gasteiger partial charge in [-0.15, -0.1) is 21.9 Å². The van der Waals surface area contributed by atoms with E-state index in [-0.39, 0.29) is 0 Å². The summed E-state index contributed by atoms with van der Waals surface area (Å²) in [5.74, 6) is 0. The maximum absolute atomic E-state index is 7.16. The Morgan fingerprint density at radius 2 is 0.758 bits per heavy atom. The number of fused-ring (bicyclic) bond motifs is 9. The Balaban J connectivity index is 1.30. The highest BCUT2D eigenvalue weighted by atomic mass is 16.3. The summed E-state index contributed by atoms with van der Waals surface area (Å²) in [5, 5.41) is 7.35. The van der Waals surface area contributed by atoms with Gasteiger partial charge in [-0.1, -0.05) is 111 Å². The molecule has 0 saturated heterocycles. The van der Waals surface area contributed by atoms with Gasteiger partial charge in [0.2, 0.25) is 0 Å². The van der Waals surface area contributed by atoms with Gasteiger partial charge in [-0.05, 0) is 64.7 Å². The summed E-state index contributed by atoms with van der Waals surface area (Å²) in [4.78, 5) is 0. The Kier molecular flexibility index (Phi) is 8.72. The van der Waals surface area contributed by atoms with E-state index in [1.807, 2.05) is 0 Å². The van der Waals surface area contributed by atoms with Crippen LogP contribution < -0.4 is 60.1 Å². The van der Waals surface area contributed by atoms with Crippen molar-refractivity contribution in [2.45, 2.75) is 0 Å². The molecule has 62 heavy (non-hydrogen) atoms. The second-order valence-electron chi connectivity index (χ2n) is 18.0. The van der Waals surface area contributed by atoms with Gasteiger partial charge in [-0.3, -0.25) is 0 Å². The molecule has 0 bridgehead atoms. The molecule has 0 amide bonds. The molecule has 3 aromatic heterocycles. The van der Waals surface area contributed by atoms with Crippen LogP contribution in [0.25, 0.3) is 99.2 Å². The van der Waals surface area contributed by atoms with Gasteiger partial charge in [0.05, 0.1) is 33.1 Å². The minimum atomic E-state index is 0.966. The van der Waals surface area contributed by atoms with Crippen molar-refractivity contribution in [3.63, 3.8) is 0 Å². The van der Waals surface area contributed by atoms with Crippen molar-refractivity contribution in [2.75, 3.05) is 0 Å². The Bertz CT molecular complexity index is 3710. The summed E-state index contributed by atoms with van der Waals surface area (Å²) < 4.78 is 12.2. The molecule has 11 aromatic rings. The van der Waals surface area contributed by atoms with Crippen LogP contribution in [-0.4, -0.2) is 95.4 Å². The van der Waals surface area contributed by atoms with E-state index in [2.05, 4.69) is 211 Å². The average Bonchev–Trinajstić information content (AvgIpc) is 3.96. The predicted octanol–water partition coefficient (Wildman–Crippen LogP) is -6.04. The normalized spacial score (nSPS) is 11.9. The van der Waals surface area contributed by atoms with Crippen LogP contribution in [-0.2, 0) is 0 Å². The van der Waals surface area contributed by atoms with Crippen molar-refractivity contribution in [2.24, 2.45) is 0 Å². The molecule has 0 radical (unpaired) electrons. The smallest absolute Gasteiger partial charge is 0.143 e. The molecule has 0 N–H and O–H groups in total. The van der Waals surface area contributed by atoms with Crippen molar-refractivity contribution in [1.82, 2.24) is 9.13 Å². The standard InChI is InChI=1S/C48H41B11N2O/c49-35-31(36(50)40(54)42(56)39(35)53)20-8-7-9-21(18-20)32-37(51)44(58)48-34(33-38(52)41(55)43(57)45(59)47(33)62-48)46(32)61-29-15-6-3-12-25(29)26-19-22(16-17-30(26)61)60-27-13-4-1-10-23(27)24-11-2-5-14-28(24)60/h1-19H,49-59H2. The fraction of sp³-hybridized carbons (Fsp3) is 0. The Hall–Kier alpha value is -6.13. The number of furan rings is 1. The van der Waals surface area contributed by atoms with E-state index in [4.69, 9.17) is 4.42 Å². The summed E-state index contributed by atoms with van der Waals surface area (Å²) in [6.45, 7) is 0. The molecule has 0 fully saturated rings. The first kappa shape index (κ1) is 38.8. The second-order valence-corrected chi connectivity index (χ2v) is 18.0. The number of para-hydroxylation sites is 3. The molecule has 0 spiro atoms. The Morgan fingerprint density at radius 1 is 0.323 bits per heavy atom. The quantitative estimate of drug-likeness (QED) is 0.164. The lowest BCUT2D eigenvalue weighted by Gasteiger charge is -2.23. The van der Waals surface area contributed by atoms with Crippen molar-refractivity contribution < 1.29 is 4.42 Å². The van der Waals surface area contributed by atoms with E-state index in [0.29, 0.717) is 0 Å². The third-order valence-electron chi connectivity index (χ3n) is 15.2. The van der Waals surface area contributed by atoms with E-state index < -0.39 is 0 Å². The highest BCUT2D eigenvalue weighted by Crippen LogP contribution is 2.43. The fourth-order valence-corrected chi connectivity index (χ4v) is 11.0. The maximum Gasteiger partial charge on any atom is 0.143 e. The Morgan fingerprint density at radius 3 is 1.37 bits per heavy atom. The van der Waals surface area contributed by atoms with Gasteiger partial charge in [0, 0.05) is 32.6 Å². The predicted molar refractivity (Wildman–Crippen MR) is 303 cm³/mol. The SMILES string of the molecule is Bc1c(B)c(B)c(-c2cccc(-c3c(B)c(B)c4oc5c(B)c(B)c(B)c(B)c5c4c3-n3c4ccccc4c4cc(-n5c6ccccc6c6ccccc65)ccc43)c2)c(B)c1B. The summed E-state index contributed by atoms with van der Waals surface area (Å²) >= 11 is 0. The van der Waals surface area contributed by atoms with Crippen LogP contribution >= 0.6 is 0 Å². The largest absolute Gasteiger partial charge is 0.457 e. The summed E-state index contributed by atoms with van der Waals surface area (Å²) in [5.41, 5.74) is 28.4. The number of hydrogen-bond donors (Lipinski definition) is 0. The molecule has 3 heterocycles. The third kappa shape index (κ3) is 5.22. The maximum atomic E-state index is 7.16. The first-order chi connectivity index (χ1) is 29.9. The number of nitrogens with zero attached hydrogens (tertiary/aromatic N) is 2. The molecule has 0 aliphatic carbocycles. The van der Waals surface area contributed by atoms with Gasteiger partial charge in [0.15, 0.2) is 0 Å². The summed E-state index contributed by atoms with van der Waals surface area (Å²) in [7, 11) is 25.0. The molecular weight excluding hydrogens is 739 g/mol. The van der Waals surface area contributed by atoms with Crippen LogP contribution in [0.4, 0.5) is 0 Å². The van der Waals surface area contributed by atoms with Gasteiger partial charge < -0.3 is 13.6 Å². The van der Waals surface area contributed by atoms with Gasteiger partial charge in [0.25, 0.3) is 0 Å². The van der Waals surface area contributed by atoms with E-state index in [1.165, 1.54) is 142 Å². The lowest BCUT2D eigenvalue weighted by Crippen LogP contribution is -2.55. The van der Waals surface area contributed by atoms with Gasteiger partial charge >= 0.3 is 0 Å². The Labute approximate surface area is 372 Å². The minimum Gasteiger partial charge on any atom is -0.457 e. The zero-order valence-corrected chi connectivity index (χ0v) is 37.8. The van der Waals surface area contributed by atoms with Crippen LogP contribution in [0, 0.1) is 0 Å². The van der Waals surface area contributed by atoms with Crippen LogP contribution in [0.5, 0.6) is 0 Å². The number of rotatable bonds is 4. The molecule has 0 aliphatic rings. The summed E-state index contributed by atoms with van der Waals surface area (Å²) in [6, 6.07) is 43.0. The molecule has 11 rings (SSSR count). The molecular formula is C48H41B11N2O. The molecule has 0 unspecified atom stereocenters. The third-order valence-corrected chi connectivity index (χ3v) is 15.2. The first-order valence-corrected chi connectivity index (χ1v) is 22.0. The number of hydrogen-bond acceptors (Lipinski definition) is 1. The average molecular weight is 781 g/mol. The van der Waals surface area contributed by atoms with Gasteiger partial charge in [-0.2, -0.15) is 0 Å². The van der Waals surface area contributed by atoms with E-state index in [1.54, 1.807) is 0 Å². The monoisotopic (exact) mass is 782 g/mol. The van der Waals surface area contributed by atoms with Crippen LogP contribution in [0.15, 0.2) is 120 Å². The molecule has 0 atom stereocenters. The number of aromatic nitrogens is 2. The summed E-state index contributed by atoms with van der Waals surface area (Å²) in [6.07, 6.45) is 0. The van der Waals surface area contributed by atoms with Crippen molar-refractivity contribution in [3.05, 3.63) is 115 Å². The minimum absolute atomic E-state index is 0.966. The van der Waals surface area contributed by atoms with Gasteiger partial charge in [0.1, 0.15) is 97.5 Å². The molecule has 0 saturated carbocycles. The molecule has 0 aliphatic heterocycles. The molecule has 14 heteroatoms. The van der Waals surface area contributed by atoms with E-state index in [0.717, 1.165) is 16.9 Å². The molecule has 8 aromatic carbocycles. The highest BCUT2D eigenvalue weighted by Gasteiger charge is 2.28. The zero-order chi connectivity index (χ0) is 43.0. The lowest BCUT2D eigenvalue weighted by atomic mass is 9.59. The highest BCUT2D eigenvalue weighted by molar-refractivity contribution is 6.69. The van der Waals surface area contributed by atoms with E-state index in [9.17, 15) is 0 Å². The van der Waals surface area contributed by atoms with Crippen molar-refractivity contribution in [1.29, 1.82) is 0 Å². The first-order valence-electron chi connectivity index (χ1n) is 22.0. The fourth-order valence-electron chi connectivity index (χ4n) is 11.0. The molecule has 282 valence electrons. The number of benzene rings is 8. The lowest BCUT2D eigenvalue weighted by molar-refractivity contribution is 0.674. The van der Waals surface area contributed by atoms with Crippen LogP contribution in [0.3, 0.4) is 0 Å². The zero-order valence-electron chi connectivity index (χ0n) is 37.8.